The summed E-state index contributed by atoms with van der Waals surface area (Å²) in [4.78, 5) is 25.3. The molecule has 0 spiro atoms. The molecule has 4 rings (SSSR count). The number of halogens is 3. The molecule has 182 valence electrons. The first-order valence-corrected chi connectivity index (χ1v) is 12.9. The lowest BCUT2D eigenvalue weighted by Crippen LogP contribution is -2.26. The molecule has 2 amide bonds. The second-order valence-corrected chi connectivity index (χ2v) is 11.3. The Morgan fingerprint density at radius 3 is 2.46 bits per heavy atom. The van der Waals surface area contributed by atoms with Gasteiger partial charge >= 0.3 is 6.18 Å². The van der Waals surface area contributed by atoms with Gasteiger partial charge in [0.2, 0.25) is 5.91 Å². The number of nitrogens with one attached hydrogen (secondary N) is 2. The van der Waals surface area contributed by atoms with Gasteiger partial charge in [0.05, 0.1) is 27.1 Å². The Bertz CT molecular complexity index is 1410. The Labute approximate surface area is 203 Å². The Morgan fingerprint density at radius 2 is 1.77 bits per heavy atom. The molecule has 2 N–H and O–H groups in total. The number of fused-ring (bicyclic) bond motifs is 1. The quantitative estimate of drug-likeness (QED) is 0.472. The number of benzene rings is 3. The van der Waals surface area contributed by atoms with Gasteiger partial charge in [-0.15, -0.1) is 11.8 Å². The lowest BCUT2D eigenvalue weighted by molar-refractivity contribution is -0.137. The van der Waals surface area contributed by atoms with Gasteiger partial charge in [-0.05, 0) is 61.0 Å². The first-order valence-electron chi connectivity index (χ1n) is 10.3. The van der Waals surface area contributed by atoms with Crippen molar-refractivity contribution < 1.29 is 31.2 Å². The first-order chi connectivity index (χ1) is 16.4. The second-order valence-electron chi connectivity index (χ2n) is 7.90. The van der Waals surface area contributed by atoms with Gasteiger partial charge in [0.1, 0.15) is 0 Å². The highest BCUT2D eigenvalue weighted by Gasteiger charge is 2.31. The summed E-state index contributed by atoms with van der Waals surface area (Å²) in [6, 6.07) is 14.5. The lowest BCUT2D eigenvalue weighted by atomic mass is 10.1. The minimum atomic E-state index is -4.57. The zero-order valence-electron chi connectivity index (χ0n) is 18.2. The second kappa shape index (κ2) is 9.38. The van der Waals surface area contributed by atoms with E-state index in [1.165, 1.54) is 42.1 Å². The van der Waals surface area contributed by atoms with Gasteiger partial charge in [-0.2, -0.15) is 13.2 Å². The van der Waals surface area contributed by atoms with Crippen LogP contribution in [-0.2, 0) is 26.6 Å². The van der Waals surface area contributed by atoms with Crippen LogP contribution in [0.1, 0.15) is 28.4 Å². The summed E-state index contributed by atoms with van der Waals surface area (Å²) in [5, 5.41) is 5.18. The smallest absolute Gasteiger partial charge is 0.324 e. The number of thioether (sulfide) groups is 1. The zero-order valence-corrected chi connectivity index (χ0v) is 19.9. The summed E-state index contributed by atoms with van der Waals surface area (Å²) in [5.74, 6) is -1.20. The molecule has 0 aromatic heterocycles. The number of sulfone groups is 1. The van der Waals surface area contributed by atoms with Crippen LogP contribution in [-0.4, -0.2) is 25.5 Å². The van der Waals surface area contributed by atoms with Gasteiger partial charge in [0.15, 0.2) is 9.84 Å². The van der Waals surface area contributed by atoms with Crippen molar-refractivity contribution in [1.29, 1.82) is 0 Å². The van der Waals surface area contributed by atoms with E-state index in [9.17, 15) is 31.2 Å². The maximum atomic E-state index is 12.9. The molecule has 1 atom stereocenters. The molecule has 0 bridgehead atoms. The standard InChI is InChI=1S/C24H19F3N2O4S2/c1-14-22(30)29-20-12-16(5-10-21(20)34-14)23(31)28-18-6-8-19(9-7-18)35(32,33)13-15-3-2-4-17(11-15)24(25,26)27/h2-12,14H,13H2,1H3,(H,28,31)(H,29,30). The van der Waals surface area contributed by atoms with Gasteiger partial charge in [0, 0.05) is 16.1 Å². The fourth-order valence-electron chi connectivity index (χ4n) is 3.44. The largest absolute Gasteiger partial charge is 0.416 e. The van der Waals surface area contributed by atoms with Crippen molar-refractivity contribution in [2.75, 3.05) is 10.6 Å². The highest BCUT2D eigenvalue weighted by molar-refractivity contribution is 8.01. The highest BCUT2D eigenvalue weighted by atomic mass is 32.2. The molecule has 35 heavy (non-hydrogen) atoms. The van der Waals surface area contributed by atoms with Gasteiger partial charge in [-0.3, -0.25) is 9.59 Å². The summed E-state index contributed by atoms with van der Waals surface area (Å²) in [7, 11) is -3.92. The third-order valence-corrected chi connectivity index (χ3v) is 8.14. The van der Waals surface area contributed by atoms with Crippen molar-refractivity contribution in [2.45, 2.75) is 33.9 Å². The van der Waals surface area contributed by atoms with Crippen LogP contribution in [0.5, 0.6) is 0 Å². The molecule has 1 aliphatic rings. The summed E-state index contributed by atoms with van der Waals surface area (Å²) in [5.41, 5.74) is 0.280. The Hall–Kier alpha value is -3.31. The summed E-state index contributed by atoms with van der Waals surface area (Å²) in [6.07, 6.45) is -4.57. The molecular weight excluding hydrogens is 501 g/mol. The van der Waals surface area contributed by atoms with E-state index in [-0.39, 0.29) is 21.6 Å². The van der Waals surface area contributed by atoms with E-state index in [2.05, 4.69) is 10.6 Å². The number of alkyl halides is 3. The number of hydrogen-bond donors (Lipinski definition) is 2. The van der Waals surface area contributed by atoms with E-state index in [0.29, 0.717) is 16.9 Å². The third kappa shape index (κ3) is 5.68. The molecule has 1 aliphatic heterocycles. The van der Waals surface area contributed by atoms with Crippen molar-refractivity contribution in [3.05, 3.63) is 83.4 Å². The van der Waals surface area contributed by atoms with E-state index in [1.54, 1.807) is 25.1 Å². The molecule has 3 aromatic carbocycles. The van der Waals surface area contributed by atoms with Crippen LogP contribution in [0.15, 0.2) is 76.5 Å². The molecule has 1 unspecified atom stereocenters. The van der Waals surface area contributed by atoms with Gasteiger partial charge < -0.3 is 10.6 Å². The van der Waals surface area contributed by atoms with Gasteiger partial charge in [-0.25, -0.2) is 8.42 Å². The SMILES string of the molecule is CC1Sc2ccc(C(=O)Nc3ccc(S(=O)(=O)Cc4cccc(C(F)(F)F)c4)cc3)cc2NC1=O. The molecule has 0 fully saturated rings. The monoisotopic (exact) mass is 520 g/mol. The zero-order chi connectivity index (χ0) is 25.4. The van der Waals surface area contributed by atoms with Crippen molar-refractivity contribution >= 4 is 44.8 Å². The van der Waals surface area contributed by atoms with Crippen LogP contribution < -0.4 is 10.6 Å². The van der Waals surface area contributed by atoms with E-state index < -0.39 is 33.2 Å². The normalized spacial score (nSPS) is 15.8. The maximum Gasteiger partial charge on any atom is 0.416 e. The maximum absolute atomic E-state index is 12.9. The van der Waals surface area contributed by atoms with Crippen LogP contribution in [0.4, 0.5) is 24.5 Å². The average molecular weight is 521 g/mol. The van der Waals surface area contributed by atoms with E-state index in [1.807, 2.05) is 0 Å². The number of hydrogen-bond acceptors (Lipinski definition) is 5. The van der Waals surface area contributed by atoms with Crippen LogP contribution in [0.3, 0.4) is 0 Å². The van der Waals surface area contributed by atoms with Crippen LogP contribution >= 0.6 is 11.8 Å². The molecule has 0 saturated carbocycles. The predicted octanol–water partition coefficient (Wildman–Crippen LogP) is 5.36. The molecule has 6 nitrogen and oxygen atoms in total. The van der Waals surface area contributed by atoms with E-state index >= 15 is 0 Å². The fraction of sp³-hybridized carbons (Fsp3) is 0.167. The van der Waals surface area contributed by atoms with E-state index in [0.717, 1.165) is 23.1 Å². The fourth-order valence-corrected chi connectivity index (χ4v) is 5.71. The summed E-state index contributed by atoms with van der Waals surface area (Å²) < 4.78 is 64.1. The minimum Gasteiger partial charge on any atom is -0.324 e. The number of anilines is 2. The van der Waals surface area contributed by atoms with E-state index in [4.69, 9.17) is 0 Å². The Morgan fingerprint density at radius 1 is 1.06 bits per heavy atom. The molecular formula is C24H19F3N2O4S2. The topological polar surface area (TPSA) is 92.3 Å². The predicted molar refractivity (Wildman–Crippen MR) is 127 cm³/mol. The number of amides is 2. The Balaban J connectivity index is 1.46. The first kappa shape index (κ1) is 24.8. The number of rotatable bonds is 5. The Kier molecular flexibility index (Phi) is 6.65. The van der Waals surface area contributed by atoms with Crippen LogP contribution in [0, 0.1) is 0 Å². The van der Waals surface area contributed by atoms with Crippen molar-refractivity contribution in [2.24, 2.45) is 0 Å². The molecule has 1 heterocycles. The van der Waals surface area contributed by atoms with Gasteiger partial charge in [0.25, 0.3) is 5.91 Å². The average Bonchev–Trinajstić information content (AvgIpc) is 2.79. The molecule has 11 heteroatoms. The van der Waals surface area contributed by atoms with Crippen LogP contribution in [0.25, 0.3) is 0 Å². The molecule has 0 aliphatic carbocycles. The van der Waals surface area contributed by atoms with Crippen molar-refractivity contribution in [3.63, 3.8) is 0 Å². The number of carbonyl (C=O) groups is 2. The molecule has 3 aromatic rings. The van der Waals surface area contributed by atoms with Gasteiger partial charge in [-0.1, -0.05) is 18.2 Å². The molecule has 0 radical (unpaired) electrons. The number of carbonyl (C=O) groups excluding carboxylic acids is 2. The van der Waals surface area contributed by atoms with Crippen LogP contribution in [0.2, 0.25) is 0 Å². The van der Waals surface area contributed by atoms with Crippen molar-refractivity contribution in [1.82, 2.24) is 0 Å². The summed E-state index contributed by atoms with van der Waals surface area (Å²) in [6.45, 7) is 1.78. The minimum absolute atomic E-state index is 0.0178. The summed E-state index contributed by atoms with van der Waals surface area (Å²) >= 11 is 1.39. The van der Waals surface area contributed by atoms with Crippen molar-refractivity contribution in [3.8, 4) is 0 Å². The lowest BCUT2D eigenvalue weighted by Gasteiger charge is -2.21. The molecule has 0 saturated heterocycles. The highest BCUT2D eigenvalue weighted by Crippen LogP contribution is 2.36. The third-order valence-electron chi connectivity index (χ3n) is 5.25.